The highest BCUT2D eigenvalue weighted by Gasteiger charge is 2.47. The van der Waals surface area contributed by atoms with E-state index in [1.165, 1.54) is 14.8 Å². The van der Waals surface area contributed by atoms with Crippen LogP contribution in [0.3, 0.4) is 0 Å². The Morgan fingerprint density at radius 1 is 1.03 bits per heavy atom. The first-order valence-electron chi connectivity index (χ1n) is 12.3. The summed E-state index contributed by atoms with van der Waals surface area (Å²) in [6.45, 7) is 2.25. The maximum atomic E-state index is 13.3. The van der Waals surface area contributed by atoms with E-state index in [0.29, 0.717) is 57.9 Å². The molecule has 1 aromatic carbocycles. The van der Waals surface area contributed by atoms with Crippen LogP contribution in [0.4, 0.5) is 4.79 Å². The molecular weight excluding hydrogens is 474 g/mol. The molecule has 3 aliphatic rings. The lowest BCUT2D eigenvalue weighted by Gasteiger charge is -2.41. The Hall–Kier alpha value is -2.21. The third-order valence-corrected chi connectivity index (χ3v) is 9.64. The lowest BCUT2D eigenvalue weighted by Crippen LogP contribution is -2.55. The number of likely N-dealkylation sites (tertiary alicyclic amines) is 1. The van der Waals surface area contributed by atoms with Crippen LogP contribution >= 0.6 is 0 Å². The van der Waals surface area contributed by atoms with Gasteiger partial charge in [0.25, 0.3) is 5.91 Å². The van der Waals surface area contributed by atoms with Crippen LogP contribution < -0.4 is 5.48 Å². The lowest BCUT2D eigenvalue weighted by molar-refractivity contribution is -0.141. The number of amides is 2. The van der Waals surface area contributed by atoms with Gasteiger partial charge in [0.2, 0.25) is 10.0 Å². The summed E-state index contributed by atoms with van der Waals surface area (Å²) in [5.41, 5.74) is 1.57. The van der Waals surface area contributed by atoms with E-state index in [9.17, 15) is 23.2 Å². The molecule has 0 unspecified atom stereocenters. The molecule has 0 atom stereocenters. The summed E-state index contributed by atoms with van der Waals surface area (Å²) in [6.07, 6.45) is 2.33. The second-order valence-electron chi connectivity index (χ2n) is 9.74. The normalized spacial score (nSPS) is 22.5. The van der Waals surface area contributed by atoms with Gasteiger partial charge in [-0.25, -0.2) is 23.0 Å². The van der Waals surface area contributed by atoms with E-state index in [0.717, 1.165) is 0 Å². The maximum absolute atomic E-state index is 13.3. The number of hydroxylamine groups is 1. The minimum Gasteiger partial charge on any atom is -0.446 e. The topological polar surface area (TPSA) is 125 Å². The van der Waals surface area contributed by atoms with Crippen molar-refractivity contribution in [2.24, 2.45) is 5.41 Å². The lowest BCUT2D eigenvalue weighted by atomic mass is 9.79. The number of rotatable bonds is 6. The third kappa shape index (κ3) is 6.14. The van der Waals surface area contributed by atoms with E-state index in [4.69, 9.17) is 9.47 Å². The number of nitrogens with one attached hydrogen (secondary N) is 1. The molecule has 4 rings (SSSR count). The third-order valence-electron chi connectivity index (χ3n) is 7.57. The number of hydrogen-bond acceptors (Lipinski definition) is 7. The summed E-state index contributed by atoms with van der Waals surface area (Å²) in [5.74, 6) is -0.814. The molecule has 194 valence electrons. The highest BCUT2D eigenvalue weighted by atomic mass is 32.2. The molecule has 11 heteroatoms. The zero-order valence-electron chi connectivity index (χ0n) is 19.9. The van der Waals surface area contributed by atoms with E-state index in [1.807, 2.05) is 18.2 Å². The molecule has 3 heterocycles. The number of ether oxygens (including phenoxy) is 2. The van der Waals surface area contributed by atoms with E-state index >= 15 is 0 Å². The largest absolute Gasteiger partial charge is 0.446 e. The van der Waals surface area contributed by atoms with E-state index in [2.05, 4.69) is 12.1 Å². The number of nitrogens with zero attached hydrogens (tertiary/aromatic N) is 2. The van der Waals surface area contributed by atoms with Crippen molar-refractivity contribution < 1.29 is 32.7 Å². The van der Waals surface area contributed by atoms with Crippen molar-refractivity contribution >= 4 is 22.0 Å². The summed E-state index contributed by atoms with van der Waals surface area (Å²) in [4.78, 5) is 26.8. The second-order valence-corrected chi connectivity index (χ2v) is 11.7. The smallest absolute Gasteiger partial charge is 0.410 e. The molecule has 10 nitrogen and oxygen atoms in total. The predicted molar refractivity (Wildman–Crippen MR) is 127 cm³/mol. The SMILES string of the molecule is O=C(OC1CCOCC1)N1CCC(CS(=O)(=O)N2CCC(c3ccccc3)CC2)(C(=O)NO)CC1. The second kappa shape index (κ2) is 11.2. The molecule has 0 radical (unpaired) electrons. The minimum absolute atomic E-state index is 0.127. The Morgan fingerprint density at radius 2 is 1.66 bits per heavy atom. The fourth-order valence-corrected chi connectivity index (χ4v) is 7.38. The van der Waals surface area contributed by atoms with Crippen molar-refractivity contribution in [3.8, 4) is 0 Å². The van der Waals surface area contributed by atoms with Gasteiger partial charge in [0, 0.05) is 39.0 Å². The Morgan fingerprint density at radius 3 is 2.26 bits per heavy atom. The van der Waals surface area contributed by atoms with Crippen LogP contribution in [0.25, 0.3) is 0 Å². The van der Waals surface area contributed by atoms with Crippen molar-refractivity contribution in [3.05, 3.63) is 35.9 Å². The van der Waals surface area contributed by atoms with Crippen molar-refractivity contribution in [1.82, 2.24) is 14.7 Å². The molecule has 3 fully saturated rings. The van der Waals surface area contributed by atoms with E-state index in [1.54, 1.807) is 5.48 Å². The zero-order valence-corrected chi connectivity index (χ0v) is 20.7. The van der Waals surface area contributed by atoms with Crippen molar-refractivity contribution in [2.45, 2.75) is 50.5 Å². The van der Waals surface area contributed by atoms with Crippen molar-refractivity contribution in [2.75, 3.05) is 45.1 Å². The molecule has 35 heavy (non-hydrogen) atoms. The number of carbonyl (C=O) groups excluding carboxylic acids is 2. The quantitative estimate of drug-likeness (QED) is 0.444. The van der Waals surface area contributed by atoms with Crippen molar-refractivity contribution in [3.63, 3.8) is 0 Å². The van der Waals surface area contributed by atoms with Crippen LogP contribution in [-0.4, -0.2) is 86.1 Å². The summed E-state index contributed by atoms with van der Waals surface area (Å²) >= 11 is 0. The van der Waals surface area contributed by atoms with E-state index < -0.39 is 33.2 Å². The predicted octanol–water partition coefficient (Wildman–Crippen LogP) is 2.10. The fourth-order valence-electron chi connectivity index (χ4n) is 5.32. The number of sulfonamides is 1. The first-order valence-corrected chi connectivity index (χ1v) is 13.9. The Balaban J connectivity index is 1.36. The Kier molecular flexibility index (Phi) is 8.31. The maximum Gasteiger partial charge on any atom is 0.410 e. The minimum atomic E-state index is -3.75. The van der Waals surface area contributed by atoms with Gasteiger partial charge >= 0.3 is 6.09 Å². The average molecular weight is 510 g/mol. The Labute approximate surface area is 206 Å². The molecule has 0 bridgehead atoms. The molecule has 0 saturated carbocycles. The highest BCUT2D eigenvalue weighted by Crippen LogP contribution is 2.36. The summed E-state index contributed by atoms with van der Waals surface area (Å²) in [6, 6.07) is 10.1. The fraction of sp³-hybridized carbons (Fsp3) is 0.667. The molecule has 3 aliphatic heterocycles. The number of benzene rings is 1. The van der Waals surface area contributed by atoms with Crippen LogP contribution in [0.2, 0.25) is 0 Å². The summed E-state index contributed by atoms with van der Waals surface area (Å²) in [5, 5.41) is 9.39. The summed E-state index contributed by atoms with van der Waals surface area (Å²) < 4.78 is 39.0. The van der Waals surface area contributed by atoms with Gasteiger partial charge in [0.1, 0.15) is 6.10 Å². The molecule has 0 aromatic heterocycles. The molecule has 2 N–H and O–H groups in total. The van der Waals surface area contributed by atoms with Gasteiger partial charge < -0.3 is 14.4 Å². The molecular formula is C24H35N3O7S. The summed E-state index contributed by atoms with van der Waals surface area (Å²) in [7, 11) is -3.75. The van der Waals surface area contributed by atoms with Crippen LogP contribution in [0.15, 0.2) is 30.3 Å². The van der Waals surface area contributed by atoms with Crippen LogP contribution in [0.5, 0.6) is 0 Å². The van der Waals surface area contributed by atoms with Gasteiger partial charge in [-0.15, -0.1) is 0 Å². The highest BCUT2D eigenvalue weighted by molar-refractivity contribution is 7.89. The molecule has 3 saturated heterocycles. The first-order chi connectivity index (χ1) is 16.8. The molecule has 0 spiro atoms. The number of piperidine rings is 2. The van der Waals surface area contributed by atoms with Gasteiger partial charge in [0.05, 0.1) is 24.4 Å². The molecule has 1 aromatic rings. The van der Waals surface area contributed by atoms with Gasteiger partial charge in [-0.2, -0.15) is 0 Å². The van der Waals surface area contributed by atoms with E-state index in [-0.39, 0.29) is 32.0 Å². The van der Waals surface area contributed by atoms with Gasteiger partial charge in [-0.05, 0) is 37.2 Å². The van der Waals surface area contributed by atoms with Crippen LogP contribution in [0.1, 0.15) is 50.0 Å². The first kappa shape index (κ1) is 25.9. The van der Waals surface area contributed by atoms with Crippen LogP contribution in [-0.2, 0) is 24.3 Å². The molecule has 0 aliphatic carbocycles. The number of carbonyl (C=O) groups is 2. The monoisotopic (exact) mass is 509 g/mol. The van der Waals surface area contributed by atoms with Crippen molar-refractivity contribution in [1.29, 1.82) is 0 Å². The van der Waals surface area contributed by atoms with Gasteiger partial charge in [0.15, 0.2) is 0 Å². The number of hydrogen-bond donors (Lipinski definition) is 2. The average Bonchev–Trinajstić information content (AvgIpc) is 2.89. The standard InChI is InChI=1S/C24H35N3O7S/c28-22(25-30)24(10-14-26(15-11-24)23(29)34-21-8-16-33-17-9-21)18-35(31,32)27-12-6-20(7-13-27)19-4-2-1-3-5-19/h1-5,20-21,30H,6-18H2,(H,25,28). The zero-order chi connectivity index (χ0) is 24.9. The van der Waals surface area contributed by atoms with Gasteiger partial charge in [-0.1, -0.05) is 30.3 Å². The molecule has 2 amide bonds. The van der Waals surface area contributed by atoms with Gasteiger partial charge in [-0.3, -0.25) is 10.0 Å². The Bertz CT molecular complexity index is 966. The van der Waals surface area contributed by atoms with Crippen LogP contribution in [0, 0.1) is 5.41 Å².